The summed E-state index contributed by atoms with van der Waals surface area (Å²) in [5.74, 6) is -2.75. The lowest BCUT2D eigenvalue weighted by atomic mass is 10.0. The standard InChI is InChI=1S/C40H48FN5O8S/c1-38(2,3)54-37(50)43-30-15-9-7-5-6-8-12-24-22-40(24,36(49)45-55(51,52)39(4)18-19-39)44-33(47)32-21-26(23-46(32)35(30)48)53-34-29-14-11-10-13-27(29)28-17-16-25(41)20-31(28)42-34/h8,10-14,16-17,20,24,26,30,32H,5-7,9,15,18-19,21-23H2,1-4H3,(H,43,50)(H,44,47)(H,45,49)/b12-8-/t24-,26-,30+,32+,40-/m1/s1. The van der Waals surface area contributed by atoms with E-state index in [2.05, 4.69) is 20.3 Å². The Morgan fingerprint density at radius 3 is 2.51 bits per heavy atom. The molecule has 1 aromatic heterocycles. The smallest absolute Gasteiger partial charge is 0.408 e. The molecule has 3 heterocycles. The minimum Gasteiger partial charge on any atom is -0.472 e. The molecule has 4 amide bonds. The number of benzene rings is 2. The van der Waals surface area contributed by atoms with Crippen molar-refractivity contribution in [1.82, 2.24) is 25.2 Å². The maximum atomic E-state index is 14.5. The highest BCUT2D eigenvalue weighted by Gasteiger charge is 2.63. The van der Waals surface area contributed by atoms with Gasteiger partial charge in [-0.1, -0.05) is 43.2 Å². The van der Waals surface area contributed by atoms with Crippen LogP contribution in [0.5, 0.6) is 5.88 Å². The quantitative estimate of drug-likeness (QED) is 0.226. The first-order chi connectivity index (χ1) is 26.0. The molecule has 0 spiro atoms. The number of halogens is 1. The average Bonchev–Trinajstić information content (AvgIpc) is 3.99. The molecule has 0 bridgehead atoms. The Hall–Kier alpha value is -4.79. The number of carbonyl (C=O) groups excluding carboxylic acids is 4. The van der Waals surface area contributed by atoms with Crippen LogP contribution in [0.1, 0.15) is 85.5 Å². The normalized spacial score (nSPS) is 27.5. The van der Waals surface area contributed by atoms with Gasteiger partial charge < -0.3 is 25.0 Å². The Labute approximate surface area is 319 Å². The number of hydrogen-bond donors (Lipinski definition) is 3. The fraction of sp³-hybridized carbons (Fsp3) is 0.525. The van der Waals surface area contributed by atoms with E-state index in [4.69, 9.17) is 9.47 Å². The Morgan fingerprint density at radius 1 is 1.04 bits per heavy atom. The van der Waals surface area contributed by atoms with Crippen LogP contribution in [0, 0.1) is 11.7 Å². The van der Waals surface area contributed by atoms with Crippen LogP contribution in [-0.4, -0.2) is 82.7 Å². The van der Waals surface area contributed by atoms with Gasteiger partial charge in [-0.15, -0.1) is 0 Å². The summed E-state index contributed by atoms with van der Waals surface area (Å²) in [6, 6.07) is 9.50. The van der Waals surface area contributed by atoms with Gasteiger partial charge in [-0.05, 0) is 89.8 Å². The minimum absolute atomic E-state index is 0.0114. The van der Waals surface area contributed by atoms with Gasteiger partial charge in [-0.25, -0.2) is 22.6 Å². The van der Waals surface area contributed by atoms with Crippen molar-refractivity contribution in [3.05, 3.63) is 60.4 Å². The monoisotopic (exact) mass is 777 g/mol. The third-order valence-corrected chi connectivity index (χ3v) is 13.2. The van der Waals surface area contributed by atoms with Crippen molar-refractivity contribution in [2.45, 2.75) is 120 Å². The van der Waals surface area contributed by atoms with E-state index in [0.717, 1.165) is 23.6 Å². The first-order valence-corrected chi connectivity index (χ1v) is 20.5. The van der Waals surface area contributed by atoms with Crippen LogP contribution in [0.4, 0.5) is 9.18 Å². The van der Waals surface area contributed by atoms with Crippen LogP contribution in [0.25, 0.3) is 21.7 Å². The predicted octanol–water partition coefficient (Wildman–Crippen LogP) is 5.16. The maximum absolute atomic E-state index is 14.5. The summed E-state index contributed by atoms with van der Waals surface area (Å²) >= 11 is 0. The molecule has 4 aliphatic rings. The van der Waals surface area contributed by atoms with Gasteiger partial charge in [-0.2, -0.15) is 0 Å². The molecule has 294 valence electrons. The average molecular weight is 778 g/mol. The fourth-order valence-corrected chi connectivity index (χ4v) is 8.86. The van der Waals surface area contributed by atoms with Gasteiger partial charge in [0.15, 0.2) is 0 Å². The van der Waals surface area contributed by atoms with Crippen molar-refractivity contribution in [2.24, 2.45) is 5.92 Å². The van der Waals surface area contributed by atoms with Crippen molar-refractivity contribution < 1.29 is 41.5 Å². The number of rotatable bonds is 6. The van der Waals surface area contributed by atoms with Gasteiger partial charge in [0.05, 0.1) is 16.8 Å². The molecule has 0 unspecified atom stereocenters. The number of carbonyl (C=O) groups is 4. The number of allylic oxidation sites excluding steroid dienone is 1. The second-order valence-corrected chi connectivity index (χ2v) is 18.7. The van der Waals surface area contributed by atoms with E-state index in [-0.39, 0.29) is 31.7 Å². The maximum Gasteiger partial charge on any atom is 0.408 e. The Morgan fingerprint density at radius 2 is 1.78 bits per heavy atom. The molecular weight excluding hydrogens is 730 g/mol. The van der Waals surface area contributed by atoms with E-state index < -0.39 is 79.6 Å². The number of alkyl carbamates (subject to hydrolysis) is 1. The van der Waals surface area contributed by atoms with Gasteiger partial charge >= 0.3 is 6.09 Å². The van der Waals surface area contributed by atoms with Crippen LogP contribution < -0.4 is 20.1 Å². The largest absolute Gasteiger partial charge is 0.472 e. The third kappa shape index (κ3) is 7.98. The lowest BCUT2D eigenvalue weighted by molar-refractivity contribution is -0.141. The predicted molar refractivity (Wildman–Crippen MR) is 203 cm³/mol. The molecule has 2 aliphatic carbocycles. The van der Waals surface area contributed by atoms with Gasteiger partial charge in [-0.3, -0.25) is 19.1 Å². The fourth-order valence-electron chi connectivity index (χ4n) is 7.54. The van der Waals surface area contributed by atoms with Gasteiger partial charge in [0.1, 0.15) is 35.1 Å². The lowest BCUT2D eigenvalue weighted by Crippen LogP contribution is -2.58. The van der Waals surface area contributed by atoms with E-state index in [1.54, 1.807) is 33.8 Å². The van der Waals surface area contributed by atoms with Gasteiger partial charge in [0.2, 0.25) is 27.7 Å². The van der Waals surface area contributed by atoms with E-state index in [1.165, 1.54) is 17.0 Å². The van der Waals surface area contributed by atoms with Gasteiger partial charge in [0, 0.05) is 29.2 Å². The number of hydrogen-bond acceptors (Lipinski definition) is 9. The molecule has 13 nitrogen and oxygen atoms in total. The number of nitrogens with zero attached hydrogens (tertiary/aromatic N) is 2. The first kappa shape index (κ1) is 38.5. The van der Waals surface area contributed by atoms with Crippen LogP contribution >= 0.6 is 0 Å². The molecule has 7 rings (SSSR count). The van der Waals surface area contributed by atoms with Gasteiger partial charge in [0.25, 0.3) is 5.91 Å². The number of aromatic nitrogens is 1. The molecule has 55 heavy (non-hydrogen) atoms. The summed E-state index contributed by atoms with van der Waals surface area (Å²) in [6.45, 7) is 6.65. The Balaban J connectivity index is 1.22. The van der Waals surface area contributed by atoms with E-state index in [1.807, 2.05) is 36.4 Å². The van der Waals surface area contributed by atoms with Crippen molar-refractivity contribution in [3.8, 4) is 5.88 Å². The second-order valence-electron chi connectivity index (χ2n) is 16.5. The first-order valence-electron chi connectivity index (χ1n) is 19.0. The molecule has 15 heteroatoms. The summed E-state index contributed by atoms with van der Waals surface area (Å²) in [4.78, 5) is 61.9. The SMILES string of the molecule is CC(C)(C)OC(=O)N[C@H]1CCCCC/C=C\[C@@H]2C[C@@]2(C(=O)NS(=O)(=O)C2(C)CC2)NC(=O)[C@@H]2C[C@@H](Oc3nc4cc(F)ccc4c4ccccc34)CN2C1=O. The highest BCUT2D eigenvalue weighted by atomic mass is 32.2. The zero-order chi connectivity index (χ0) is 39.3. The molecule has 2 aromatic carbocycles. The van der Waals surface area contributed by atoms with Crippen LogP contribution in [0.15, 0.2) is 54.6 Å². The van der Waals surface area contributed by atoms with Crippen LogP contribution in [-0.2, 0) is 29.1 Å². The highest BCUT2D eigenvalue weighted by molar-refractivity contribution is 7.91. The summed E-state index contributed by atoms with van der Waals surface area (Å²) in [5.41, 5.74) is -2.01. The molecule has 2 aliphatic heterocycles. The summed E-state index contributed by atoms with van der Waals surface area (Å²) in [6.07, 6.45) is 6.31. The molecule has 1 saturated heterocycles. The van der Waals surface area contributed by atoms with Crippen molar-refractivity contribution in [2.75, 3.05) is 6.54 Å². The van der Waals surface area contributed by atoms with Crippen LogP contribution in [0.2, 0.25) is 0 Å². The lowest BCUT2D eigenvalue weighted by Gasteiger charge is -2.30. The summed E-state index contributed by atoms with van der Waals surface area (Å²) in [7, 11) is -4.01. The number of ether oxygens (including phenoxy) is 2. The zero-order valence-electron chi connectivity index (χ0n) is 31.5. The van der Waals surface area contributed by atoms with Crippen molar-refractivity contribution in [3.63, 3.8) is 0 Å². The molecule has 3 N–H and O–H groups in total. The van der Waals surface area contributed by atoms with E-state index >= 15 is 0 Å². The Bertz CT molecular complexity index is 2180. The number of fused-ring (bicyclic) bond motifs is 5. The van der Waals surface area contributed by atoms with Crippen molar-refractivity contribution >= 4 is 55.5 Å². The van der Waals surface area contributed by atoms with Crippen molar-refractivity contribution in [1.29, 1.82) is 0 Å². The molecule has 0 radical (unpaired) electrons. The molecule has 5 atom stereocenters. The third-order valence-electron chi connectivity index (χ3n) is 11.1. The summed E-state index contributed by atoms with van der Waals surface area (Å²) < 4.78 is 53.8. The number of sulfonamides is 1. The zero-order valence-corrected chi connectivity index (χ0v) is 32.3. The number of pyridine rings is 1. The number of amides is 4. The van der Waals surface area contributed by atoms with E-state index in [9.17, 15) is 32.0 Å². The topological polar surface area (TPSA) is 173 Å². The molecule has 3 aromatic rings. The van der Waals surface area contributed by atoms with E-state index in [0.29, 0.717) is 36.6 Å². The highest BCUT2D eigenvalue weighted by Crippen LogP contribution is 2.47. The molecule has 2 saturated carbocycles. The molecule has 3 fully saturated rings. The summed E-state index contributed by atoms with van der Waals surface area (Å²) in [5, 5.41) is 7.76. The van der Waals surface area contributed by atoms with Crippen LogP contribution in [0.3, 0.4) is 0 Å². The Kier molecular flexibility index (Phi) is 10.1. The number of nitrogens with one attached hydrogen (secondary N) is 3. The second kappa shape index (κ2) is 14.4. The molecular formula is C40H48FN5O8S. The minimum atomic E-state index is -4.01.